The van der Waals surface area contributed by atoms with Crippen molar-refractivity contribution in [2.24, 2.45) is 5.92 Å². The molecule has 1 aromatic rings. The molecule has 1 N–H and O–H groups in total. The maximum atomic E-state index is 12.1. The average Bonchev–Trinajstić information content (AvgIpc) is 2.33. The van der Waals surface area contributed by atoms with Gasteiger partial charge in [-0.05, 0) is 13.0 Å². The van der Waals surface area contributed by atoms with E-state index in [0.717, 1.165) is 11.1 Å². The molecule has 1 fully saturated rings. The summed E-state index contributed by atoms with van der Waals surface area (Å²) in [5.74, 6) is 0.0282. The van der Waals surface area contributed by atoms with Gasteiger partial charge in [0.05, 0.1) is 20.0 Å². The second-order valence-electron chi connectivity index (χ2n) is 5.25. The lowest BCUT2D eigenvalue weighted by molar-refractivity contribution is -0.144. The molecule has 1 heterocycles. The number of methoxy groups -OCH3 is 1. The number of amides is 1. The SMILES string of the molecule is COc1ccc(C)cc1CC(=O)N1CC(CC(=O)O)C1. The Bertz CT molecular complexity index is 521. The number of rotatable bonds is 5. The molecular weight excluding hydrogens is 258 g/mol. The quantitative estimate of drug-likeness (QED) is 0.885. The molecule has 108 valence electrons. The second kappa shape index (κ2) is 5.94. The predicted molar refractivity (Wildman–Crippen MR) is 73.8 cm³/mol. The van der Waals surface area contributed by atoms with Crippen molar-refractivity contribution in [1.29, 1.82) is 0 Å². The molecule has 0 radical (unpaired) electrons. The fourth-order valence-electron chi connectivity index (χ4n) is 2.47. The lowest BCUT2D eigenvalue weighted by Gasteiger charge is -2.38. The number of aryl methyl sites for hydroxylation is 1. The molecule has 0 unspecified atom stereocenters. The highest BCUT2D eigenvalue weighted by atomic mass is 16.5. The molecule has 2 rings (SSSR count). The Labute approximate surface area is 118 Å². The standard InChI is InChI=1S/C15H19NO4/c1-10-3-4-13(20-2)12(5-10)7-14(17)16-8-11(9-16)6-15(18)19/h3-5,11H,6-9H2,1-2H3,(H,18,19). The van der Waals surface area contributed by atoms with E-state index < -0.39 is 5.97 Å². The summed E-state index contributed by atoms with van der Waals surface area (Å²) in [6.07, 6.45) is 0.433. The largest absolute Gasteiger partial charge is 0.496 e. The Hall–Kier alpha value is -2.04. The van der Waals surface area contributed by atoms with Gasteiger partial charge in [-0.3, -0.25) is 9.59 Å². The van der Waals surface area contributed by atoms with Crippen molar-refractivity contribution in [3.8, 4) is 5.75 Å². The van der Waals surface area contributed by atoms with E-state index >= 15 is 0 Å². The number of ether oxygens (including phenoxy) is 1. The number of carbonyl (C=O) groups excluding carboxylic acids is 1. The third-order valence-corrected chi connectivity index (χ3v) is 3.55. The smallest absolute Gasteiger partial charge is 0.303 e. The van der Waals surface area contributed by atoms with Gasteiger partial charge in [-0.15, -0.1) is 0 Å². The average molecular weight is 277 g/mol. The Balaban J connectivity index is 1.93. The summed E-state index contributed by atoms with van der Waals surface area (Å²) in [4.78, 5) is 24.4. The predicted octanol–water partition coefficient (Wildman–Crippen LogP) is 1.48. The fraction of sp³-hybridized carbons (Fsp3) is 0.467. The molecule has 0 saturated carbocycles. The summed E-state index contributed by atoms with van der Waals surface area (Å²) in [5.41, 5.74) is 1.96. The van der Waals surface area contributed by atoms with Gasteiger partial charge < -0.3 is 14.7 Å². The molecule has 0 bridgehead atoms. The Morgan fingerprint density at radius 2 is 2.10 bits per heavy atom. The Kier molecular flexibility index (Phi) is 4.27. The minimum atomic E-state index is -0.803. The van der Waals surface area contributed by atoms with Crippen LogP contribution in [-0.2, 0) is 16.0 Å². The first-order valence-electron chi connectivity index (χ1n) is 6.62. The van der Waals surface area contributed by atoms with Crippen molar-refractivity contribution in [2.45, 2.75) is 19.8 Å². The summed E-state index contributed by atoms with van der Waals surface area (Å²) in [7, 11) is 1.59. The maximum absolute atomic E-state index is 12.1. The molecule has 0 atom stereocenters. The number of carboxylic acid groups (broad SMARTS) is 1. The van der Waals surface area contributed by atoms with Crippen LogP contribution >= 0.6 is 0 Å². The number of nitrogens with zero attached hydrogens (tertiary/aromatic N) is 1. The molecular formula is C15H19NO4. The topological polar surface area (TPSA) is 66.8 Å². The maximum Gasteiger partial charge on any atom is 0.303 e. The highest BCUT2D eigenvalue weighted by Gasteiger charge is 2.32. The van der Waals surface area contributed by atoms with Crippen LogP contribution in [0.15, 0.2) is 18.2 Å². The van der Waals surface area contributed by atoms with Crippen LogP contribution < -0.4 is 4.74 Å². The number of carboxylic acids is 1. The molecule has 1 aliphatic rings. The molecule has 1 amide bonds. The molecule has 0 spiro atoms. The summed E-state index contributed by atoms with van der Waals surface area (Å²) < 4.78 is 5.26. The van der Waals surface area contributed by atoms with Gasteiger partial charge >= 0.3 is 5.97 Å². The monoisotopic (exact) mass is 277 g/mol. The number of hydrogen-bond donors (Lipinski definition) is 1. The summed E-state index contributed by atoms with van der Waals surface area (Å²) in [5, 5.41) is 8.69. The van der Waals surface area contributed by atoms with Crippen LogP contribution in [0.4, 0.5) is 0 Å². The van der Waals surface area contributed by atoms with Crippen molar-refractivity contribution >= 4 is 11.9 Å². The van der Waals surface area contributed by atoms with Crippen LogP contribution in [-0.4, -0.2) is 42.1 Å². The van der Waals surface area contributed by atoms with E-state index in [1.807, 2.05) is 25.1 Å². The van der Waals surface area contributed by atoms with Crippen LogP contribution in [0.2, 0.25) is 0 Å². The van der Waals surface area contributed by atoms with Crippen molar-refractivity contribution in [2.75, 3.05) is 20.2 Å². The van der Waals surface area contributed by atoms with E-state index in [2.05, 4.69) is 0 Å². The van der Waals surface area contributed by atoms with Gasteiger partial charge in [0, 0.05) is 24.6 Å². The number of likely N-dealkylation sites (tertiary alicyclic amines) is 1. The van der Waals surface area contributed by atoms with E-state index in [1.54, 1.807) is 12.0 Å². The van der Waals surface area contributed by atoms with Gasteiger partial charge in [0.25, 0.3) is 0 Å². The lowest BCUT2D eigenvalue weighted by Crippen LogP contribution is -2.51. The van der Waals surface area contributed by atoms with Crippen LogP contribution in [0.5, 0.6) is 5.75 Å². The van der Waals surface area contributed by atoms with Crippen LogP contribution in [0.3, 0.4) is 0 Å². The number of hydrogen-bond acceptors (Lipinski definition) is 3. The first kappa shape index (κ1) is 14.4. The second-order valence-corrected chi connectivity index (χ2v) is 5.25. The zero-order valence-electron chi connectivity index (χ0n) is 11.8. The first-order valence-corrected chi connectivity index (χ1v) is 6.62. The Morgan fingerprint density at radius 3 is 2.70 bits per heavy atom. The Morgan fingerprint density at radius 1 is 1.40 bits per heavy atom. The third kappa shape index (κ3) is 3.29. The van der Waals surface area contributed by atoms with Crippen molar-refractivity contribution in [3.63, 3.8) is 0 Å². The van der Waals surface area contributed by atoms with E-state index in [9.17, 15) is 9.59 Å². The van der Waals surface area contributed by atoms with Crippen molar-refractivity contribution < 1.29 is 19.4 Å². The highest BCUT2D eigenvalue weighted by Crippen LogP contribution is 2.24. The third-order valence-electron chi connectivity index (χ3n) is 3.55. The van der Waals surface area contributed by atoms with E-state index in [1.165, 1.54) is 0 Å². The minimum Gasteiger partial charge on any atom is -0.496 e. The van der Waals surface area contributed by atoms with Gasteiger partial charge in [0.1, 0.15) is 5.75 Å². The van der Waals surface area contributed by atoms with Crippen LogP contribution in [0, 0.1) is 12.8 Å². The van der Waals surface area contributed by atoms with Crippen LogP contribution in [0.1, 0.15) is 17.5 Å². The van der Waals surface area contributed by atoms with Crippen LogP contribution in [0.25, 0.3) is 0 Å². The van der Waals surface area contributed by atoms with Crippen molar-refractivity contribution in [3.05, 3.63) is 29.3 Å². The number of carbonyl (C=O) groups is 2. The van der Waals surface area contributed by atoms with E-state index in [0.29, 0.717) is 25.3 Å². The van der Waals surface area contributed by atoms with Gasteiger partial charge in [-0.1, -0.05) is 17.7 Å². The molecule has 20 heavy (non-hydrogen) atoms. The van der Waals surface area contributed by atoms with E-state index in [4.69, 9.17) is 9.84 Å². The highest BCUT2D eigenvalue weighted by molar-refractivity contribution is 5.80. The number of aliphatic carboxylic acids is 1. The molecule has 1 aromatic carbocycles. The summed E-state index contributed by atoms with van der Waals surface area (Å²) in [6.45, 7) is 3.05. The summed E-state index contributed by atoms with van der Waals surface area (Å²) >= 11 is 0. The molecule has 0 aliphatic carbocycles. The zero-order chi connectivity index (χ0) is 14.7. The molecule has 0 aromatic heterocycles. The van der Waals surface area contributed by atoms with E-state index in [-0.39, 0.29) is 18.2 Å². The van der Waals surface area contributed by atoms with Crippen molar-refractivity contribution in [1.82, 2.24) is 4.90 Å². The van der Waals surface area contributed by atoms with Gasteiger partial charge in [0.2, 0.25) is 5.91 Å². The fourth-order valence-corrected chi connectivity index (χ4v) is 2.47. The zero-order valence-corrected chi connectivity index (χ0v) is 11.8. The lowest BCUT2D eigenvalue weighted by atomic mass is 9.95. The van der Waals surface area contributed by atoms with Gasteiger partial charge in [0.15, 0.2) is 0 Å². The number of benzene rings is 1. The summed E-state index contributed by atoms with van der Waals surface area (Å²) in [6, 6.07) is 5.76. The van der Waals surface area contributed by atoms with Gasteiger partial charge in [-0.2, -0.15) is 0 Å². The van der Waals surface area contributed by atoms with Gasteiger partial charge in [-0.25, -0.2) is 0 Å². The molecule has 5 nitrogen and oxygen atoms in total. The molecule has 1 aliphatic heterocycles. The minimum absolute atomic E-state index is 0.0236. The first-order chi connectivity index (χ1) is 9.49. The molecule has 1 saturated heterocycles. The normalized spacial score (nSPS) is 14.8. The molecule has 5 heteroatoms.